The number of hydrogen-bond donors (Lipinski definition) is 1. The van der Waals surface area contributed by atoms with Gasteiger partial charge in [-0.3, -0.25) is 9.58 Å². The van der Waals surface area contributed by atoms with Crippen LogP contribution >= 0.6 is 11.6 Å². The second kappa shape index (κ2) is 8.06. The van der Waals surface area contributed by atoms with Crippen molar-refractivity contribution in [2.45, 2.75) is 57.7 Å². The molecule has 7 nitrogen and oxygen atoms in total. The van der Waals surface area contributed by atoms with E-state index in [1.165, 1.54) is 12.8 Å². The number of aromatic nitrogens is 4. The summed E-state index contributed by atoms with van der Waals surface area (Å²) in [4.78, 5) is 11.3. The first-order chi connectivity index (χ1) is 12.7. The minimum Gasteiger partial charge on any atom is -0.379 e. The minimum absolute atomic E-state index is 0.276. The van der Waals surface area contributed by atoms with Crippen LogP contribution in [0.3, 0.4) is 0 Å². The van der Waals surface area contributed by atoms with Crippen molar-refractivity contribution in [2.24, 2.45) is 0 Å². The van der Waals surface area contributed by atoms with Crippen molar-refractivity contribution in [1.82, 2.24) is 24.6 Å². The van der Waals surface area contributed by atoms with Gasteiger partial charge in [0.25, 0.3) is 0 Å². The van der Waals surface area contributed by atoms with E-state index in [0.29, 0.717) is 12.1 Å². The number of anilines is 1. The zero-order chi connectivity index (χ0) is 17.9. The zero-order valence-electron chi connectivity index (χ0n) is 15.3. The predicted molar refractivity (Wildman–Crippen MR) is 103 cm³/mol. The average molecular weight is 379 g/mol. The van der Waals surface area contributed by atoms with Gasteiger partial charge >= 0.3 is 0 Å². The molecule has 0 amide bonds. The van der Waals surface area contributed by atoms with E-state index in [2.05, 4.69) is 32.2 Å². The molecule has 26 heavy (non-hydrogen) atoms. The number of ether oxygens (including phenoxy) is 1. The van der Waals surface area contributed by atoms with Crippen molar-refractivity contribution < 1.29 is 4.74 Å². The summed E-state index contributed by atoms with van der Waals surface area (Å²) in [5.74, 6) is 0.768. The molecule has 0 atom stereocenters. The largest absolute Gasteiger partial charge is 0.379 e. The lowest BCUT2D eigenvalue weighted by Crippen LogP contribution is -2.46. The topological polar surface area (TPSA) is 68.1 Å². The van der Waals surface area contributed by atoms with Crippen molar-refractivity contribution in [3.63, 3.8) is 0 Å². The molecule has 2 aliphatic rings. The summed E-state index contributed by atoms with van der Waals surface area (Å²) in [7, 11) is 0. The van der Waals surface area contributed by atoms with Gasteiger partial charge in [0.15, 0.2) is 11.3 Å². The maximum Gasteiger partial charge on any atom is 0.225 e. The van der Waals surface area contributed by atoms with E-state index in [-0.39, 0.29) is 5.28 Å². The summed E-state index contributed by atoms with van der Waals surface area (Å²) in [6.07, 6.45) is 7.69. The molecule has 0 unspecified atom stereocenters. The fraction of sp³-hybridized carbons (Fsp3) is 0.722. The number of aryl methyl sites for hydroxylation is 1. The Morgan fingerprint density at radius 3 is 2.69 bits per heavy atom. The molecule has 2 aromatic rings. The van der Waals surface area contributed by atoms with E-state index in [9.17, 15) is 0 Å². The molecule has 1 saturated carbocycles. The van der Waals surface area contributed by atoms with Gasteiger partial charge in [-0.1, -0.05) is 6.92 Å². The Morgan fingerprint density at radius 2 is 1.96 bits per heavy atom. The highest BCUT2D eigenvalue weighted by Crippen LogP contribution is 2.28. The van der Waals surface area contributed by atoms with Gasteiger partial charge in [0, 0.05) is 31.7 Å². The Hall–Kier alpha value is -1.44. The monoisotopic (exact) mass is 378 g/mol. The van der Waals surface area contributed by atoms with Crippen LogP contribution in [0.5, 0.6) is 0 Å². The molecule has 1 aliphatic heterocycles. The molecule has 0 spiro atoms. The highest BCUT2D eigenvalue weighted by molar-refractivity contribution is 6.28. The van der Waals surface area contributed by atoms with Gasteiger partial charge in [-0.25, -0.2) is 4.98 Å². The normalized spacial score (nSPS) is 24.8. The van der Waals surface area contributed by atoms with Gasteiger partial charge in [-0.2, -0.15) is 10.1 Å². The van der Waals surface area contributed by atoms with E-state index in [1.807, 2.05) is 10.9 Å². The molecule has 0 radical (unpaired) electrons. The van der Waals surface area contributed by atoms with Gasteiger partial charge in [-0.05, 0) is 43.7 Å². The van der Waals surface area contributed by atoms with Crippen molar-refractivity contribution in [3.8, 4) is 0 Å². The van der Waals surface area contributed by atoms with Gasteiger partial charge in [0.05, 0.1) is 19.4 Å². The molecular weight excluding hydrogens is 352 g/mol. The standard InChI is InChI=1S/C18H27ClN6O/c1-2-7-25-12-15-16(23-25)17(22-18(19)21-15)20-13-3-5-14(6-4-13)24-8-10-26-11-9-24/h12-14H,2-11H2,1H3,(H,20,21,22). The summed E-state index contributed by atoms with van der Waals surface area (Å²) in [5, 5.41) is 8.51. The highest BCUT2D eigenvalue weighted by Gasteiger charge is 2.27. The van der Waals surface area contributed by atoms with Crippen LogP contribution in [0.25, 0.3) is 11.0 Å². The average Bonchev–Trinajstić information content (AvgIpc) is 3.06. The first-order valence-electron chi connectivity index (χ1n) is 9.72. The third-order valence-electron chi connectivity index (χ3n) is 5.44. The number of nitrogens with one attached hydrogen (secondary N) is 1. The predicted octanol–water partition coefficient (Wildman–Crippen LogP) is 2.95. The second-order valence-corrected chi connectivity index (χ2v) is 7.60. The Balaban J connectivity index is 1.42. The van der Waals surface area contributed by atoms with Crippen LogP contribution < -0.4 is 5.32 Å². The number of morpholine rings is 1. The van der Waals surface area contributed by atoms with Crippen LogP contribution in [0, 0.1) is 0 Å². The van der Waals surface area contributed by atoms with Crippen LogP contribution in [0.4, 0.5) is 5.82 Å². The smallest absolute Gasteiger partial charge is 0.225 e. The van der Waals surface area contributed by atoms with Gasteiger partial charge in [0.2, 0.25) is 5.28 Å². The molecule has 2 fully saturated rings. The Morgan fingerprint density at radius 1 is 1.19 bits per heavy atom. The van der Waals surface area contributed by atoms with Crippen LogP contribution in [0.2, 0.25) is 5.28 Å². The molecule has 1 aliphatic carbocycles. The molecule has 1 N–H and O–H groups in total. The summed E-state index contributed by atoms with van der Waals surface area (Å²) in [5.41, 5.74) is 1.63. The molecule has 142 valence electrons. The van der Waals surface area contributed by atoms with Gasteiger partial charge in [-0.15, -0.1) is 0 Å². The summed E-state index contributed by atoms with van der Waals surface area (Å²) >= 11 is 6.13. The quantitative estimate of drug-likeness (QED) is 0.807. The van der Waals surface area contributed by atoms with E-state index in [0.717, 1.165) is 69.0 Å². The summed E-state index contributed by atoms with van der Waals surface area (Å²) in [6.45, 7) is 6.89. The molecular formula is C18H27ClN6O. The van der Waals surface area contributed by atoms with Crippen molar-refractivity contribution in [1.29, 1.82) is 0 Å². The van der Waals surface area contributed by atoms with E-state index in [4.69, 9.17) is 16.3 Å². The zero-order valence-corrected chi connectivity index (χ0v) is 16.1. The first-order valence-corrected chi connectivity index (χ1v) is 10.1. The molecule has 1 saturated heterocycles. The molecule has 3 heterocycles. The van der Waals surface area contributed by atoms with E-state index >= 15 is 0 Å². The third kappa shape index (κ3) is 3.94. The molecule has 0 aromatic carbocycles. The number of fused-ring (bicyclic) bond motifs is 1. The van der Waals surface area contributed by atoms with Gasteiger partial charge in [0.1, 0.15) is 5.52 Å². The molecule has 8 heteroatoms. The molecule has 4 rings (SSSR count). The number of halogens is 1. The maximum atomic E-state index is 6.13. The minimum atomic E-state index is 0.276. The van der Waals surface area contributed by atoms with Crippen molar-refractivity contribution in [2.75, 3.05) is 31.6 Å². The third-order valence-corrected chi connectivity index (χ3v) is 5.60. The van der Waals surface area contributed by atoms with Crippen LogP contribution in [0.15, 0.2) is 6.20 Å². The second-order valence-electron chi connectivity index (χ2n) is 7.27. The summed E-state index contributed by atoms with van der Waals surface area (Å²) in [6, 6.07) is 1.10. The Kier molecular flexibility index (Phi) is 5.57. The number of nitrogens with zero attached hydrogens (tertiary/aromatic N) is 5. The number of rotatable bonds is 5. The maximum absolute atomic E-state index is 6.13. The lowest BCUT2D eigenvalue weighted by molar-refractivity contribution is 0.00791. The fourth-order valence-electron chi connectivity index (χ4n) is 4.10. The first kappa shape index (κ1) is 17.9. The van der Waals surface area contributed by atoms with Crippen molar-refractivity contribution >= 4 is 28.5 Å². The summed E-state index contributed by atoms with van der Waals surface area (Å²) < 4.78 is 7.40. The van der Waals surface area contributed by atoms with Crippen LogP contribution in [-0.2, 0) is 11.3 Å². The SMILES string of the molecule is CCCn1cc2nc(Cl)nc(NC3CCC(N4CCOCC4)CC3)c2n1. The van der Waals surface area contributed by atoms with Crippen LogP contribution in [-0.4, -0.2) is 63.0 Å². The van der Waals surface area contributed by atoms with E-state index in [1.54, 1.807) is 0 Å². The lowest BCUT2D eigenvalue weighted by Gasteiger charge is -2.39. The molecule has 2 aromatic heterocycles. The molecule has 0 bridgehead atoms. The highest BCUT2D eigenvalue weighted by atomic mass is 35.5. The van der Waals surface area contributed by atoms with Crippen LogP contribution in [0.1, 0.15) is 39.0 Å². The van der Waals surface area contributed by atoms with Crippen molar-refractivity contribution in [3.05, 3.63) is 11.5 Å². The van der Waals surface area contributed by atoms with Gasteiger partial charge < -0.3 is 10.1 Å². The number of hydrogen-bond acceptors (Lipinski definition) is 6. The van der Waals surface area contributed by atoms with E-state index < -0.39 is 0 Å². The fourth-order valence-corrected chi connectivity index (χ4v) is 4.27. The lowest BCUT2D eigenvalue weighted by atomic mass is 9.90. The Bertz CT molecular complexity index is 737. The Labute approximate surface area is 159 Å².